The minimum absolute atomic E-state index is 0.0602. The van der Waals surface area contributed by atoms with Gasteiger partial charge >= 0.3 is 0 Å². The van der Waals surface area contributed by atoms with E-state index in [2.05, 4.69) is 23.9 Å². The van der Waals surface area contributed by atoms with E-state index in [1.54, 1.807) is 6.21 Å². The van der Waals surface area contributed by atoms with Crippen LogP contribution in [0, 0.1) is 12.3 Å². The molecule has 0 spiro atoms. The van der Waals surface area contributed by atoms with E-state index >= 15 is 0 Å². The standard InChI is InChI=1S/C16H22BN3O2S/c1-11-4-5-12(17)6-13(11)23-14(20-18)7-19-8-15-21-9-16(2,3)10-22-15/h4-7,15H,8-10,18H2,1-3H3/b19-7?,20-14+. The topological polar surface area (TPSA) is 69.2 Å². The molecular formula is C16H22BN3O2S. The van der Waals surface area contributed by atoms with Gasteiger partial charge in [-0.05, 0) is 12.5 Å². The SMILES string of the molecule is [B]c1ccc(C)c(S/C(C=NCC2OCC(C)(C)CO2)=N/N)c1. The van der Waals surface area contributed by atoms with Crippen molar-refractivity contribution in [2.45, 2.75) is 32.0 Å². The largest absolute Gasteiger partial charge is 0.350 e. The quantitative estimate of drug-likeness (QED) is 0.227. The summed E-state index contributed by atoms with van der Waals surface area (Å²) in [7, 11) is 5.81. The van der Waals surface area contributed by atoms with E-state index in [1.807, 2.05) is 25.1 Å². The maximum Gasteiger partial charge on any atom is 0.176 e. The van der Waals surface area contributed by atoms with Crippen molar-refractivity contribution in [1.82, 2.24) is 0 Å². The number of thioether (sulfide) groups is 1. The molecule has 1 aliphatic heterocycles. The Morgan fingerprint density at radius 2 is 2.13 bits per heavy atom. The second kappa shape index (κ2) is 7.99. The summed E-state index contributed by atoms with van der Waals surface area (Å²) in [5.74, 6) is 5.45. The summed E-state index contributed by atoms with van der Waals surface area (Å²) in [4.78, 5) is 5.33. The van der Waals surface area contributed by atoms with Crippen LogP contribution in [0.5, 0.6) is 0 Å². The molecule has 0 aromatic heterocycles. The Labute approximate surface area is 143 Å². The van der Waals surface area contributed by atoms with E-state index in [0.29, 0.717) is 30.3 Å². The van der Waals surface area contributed by atoms with Crippen molar-refractivity contribution < 1.29 is 9.47 Å². The Bertz CT molecular complexity index is 595. The third-order valence-corrected chi connectivity index (χ3v) is 4.41. The van der Waals surface area contributed by atoms with Gasteiger partial charge in [-0.1, -0.05) is 49.3 Å². The summed E-state index contributed by atoms with van der Waals surface area (Å²) in [6.07, 6.45) is 1.33. The van der Waals surface area contributed by atoms with E-state index in [4.69, 9.17) is 23.2 Å². The van der Waals surface area contributed by atoms with Crippen LogP contribution in [0.15, 0.2) is 33.2 Å². The number of hydrazone groups is 1. The van der Waals surface area contributed by atoms with Crippen LogP contribution in [-0.4, -0.2) is 45.2 Å². The normalized spacial score (nSPS) is 19.3. The van der Waals surface area contributed by atoms with Gasteiger partial charge in [-0.2, -0.15) is 5.10 Å². The lowest BCUT2D eigenvalue weighted by molar-refractivity contribution is -0.215. The maximum atomic E-state index is 5.81. The van der Waals surface area contributed by atoms with E-state index in [9.17, 15) is 0 Å². The lowest BCUT2D eigenvalue weighted by Crippen LogP contribution is -2.39. The van der Waals surface area contributed by atoms with Crippen molar-refractivity contribution in [3.05, 3.63) is 23.8 Å². The van der Waals surface area contributed by atoms with Crippen LogP contribution >= 0.6 is 11.8 Å². The van der Waals surface area contributed by atoms with E-state index in [-0.39, 0.29) is 11.7 Å². The first-order valence-corrected chi connectivity index (χ1v) is 8.26. The van der Waals surface area contributed by atoms with Crippen molar-refractivity contribution in [3.63, 3.8) is 0 Å². The molecular weight excluding hydrogens is 309 g/mol. The third-order valence-electron chi connectivity index (χ3n) is 3.33. The maximum absolute atomic E-state index is 5.81. The first-order valence-electron chi connectivity index (χ1n) is 7.44. The minimum Gasteiger partial charge on any atom is -0.350 e. The molecule has 2 radical (unpaired) electrons. The number of nitrogens with zero attached hydrogens (tertiary/aromatic N) is 2. The van der Waals surface area contributed by atoms with Gasteiger partial charge < -0.3 is 15.3 Å². The molecule has 0 amide bonds. The van der Waals surface area contributed by atoms with Crippen LogP contribution in [-0.2, 0) is 9.47 Å². The van der Waals surface area contributed by atoms with Gasteiger partial charge in [0.25, 0.3) is 0 Å². The van der Waals surface area contributed by atoms with Gasteiger partial charge in [-0.15, -0.1) is 0 Å². The molecule has 2 rings (SSSR count). The summed E-state index contributed by atoms with van der Waals surface area (Å²) in [5.41, 5.74) is 1.88. The number of nitrogens with two attached hydrogens (primary N) is 1. The highest BCUT2D eigenvalue weighted by molar-refractivity contribution is 8.15. The Kier molecular flexibility index (Phi) is 6.27. The van der Waals surface area contributed by atoms with Gasteiger partial charge in [0.05, 0.1) is 26.0 Å². The summed E-state index contributed by atoms with van der Waals surface area (Å²) in [5, 5.41) is 4.37. The van der Waals surface area contributed by atoms with Crippen LogP contribution in [0.1, 0.15) is 19.4 Å². The van der Waals surface area contributed by atoms with Crippen LogP contribution < -0.4 is 11.3 Å². The summed E-state index contributed by atoms with van der Waals surface area (Å²) in [6.45, 7) is 7.99. The number of benzene rings is 1. The van der Waals surface area contributed by atoms with E-state index in [0.717, 1.165) is 10.5 Å². The van der Waals surface area contributed by atoms with Crippen molar-refractivity contribution >= 4 is 36.3 Å². The molecule has 1 aliphatic rings. The molecule has 7 heteroatoms. The van der Waals surface area contributed by atoms with Crippen molar-refractivity contribution in [3.8, 4) is 0 Å². The monoisotopic (exact) mass is 331 g/mol. The first kappa shape index (κ1) is 18.0. The van der Waals surface area contributed by atoms with Gasteiger partial charge in [0, 0.05) is 10.3 Å². The minimum atomic E-state index is -0.308. The highest BCUT2D eigenvalue weighted by atomic mass is 32.2. The molecule has 2 N–H and O–H groups in total. The van der Waals surface area contributed by atoms with E-state index in [1.165, 1.54) is 11.8 Å². The average Bonchev–Trinajstić information content (AvgIpc) is 2.51. The number of aryl methyl sites for hydroxylation is 1. The number of hydrogen-bond acceptors (Lipinski definition) is 6. The molecule has 1 fully saturated rings. The molecule has 5 nitrogen and oxygen atoms in total. The summed E-state index contributed by atoms with van der Waals surface area (Å²) >= 11 is 1.43. The van der Waals surface area contributed by atoms with Gasteiger partial charge in [0.2, 0.25) is 0 Å². The fourth-order valence-corrected chi connectivity index (χ4v) is 2.80. The van der Waals surface area contributed by atoms with Gasteiger partial charge in [-0.25, -0.2) is 0 Å². The summed E-state index contributed by atoms with van der Waals surface area (Å²) in [6, 6.07) is 5.73. The van der Waals surface area contributed by atoms with Gasteiger partial charge in [0.15, 0.2) is 6.29 Å². The Morgan fingerprint density at radius 3 is 2.78 bits per heavy atom. The zero-order valence-electron chi connectivity index (χ0n) is 13.8. The molecule has 122 valence electrons. The second-order valence-electron chi connectivity index (χ2n) is 6.30. The molecule has 0 bridgehead atoms. The number of aliphatic imine (C=N–C) groups is 1. The lowest BCUT2D eigenvalue weighted by Gasteiger charge is -2.33. The van der Waals surface area contributed by atoms with Crippen molar-refractivity contribution in [2.75, 3.05) is 19.8 Å². The number of rotatable bonds is 4. The predicted octanol–water partition coefficient (Wildman–Crippen LogP) is 1.62. The van der Waals surface area contributed by atoms with Crippen LogP contribution in [0.3, 0.4) is 0 Å². The van der Waals surface area contributed by atoms with Crippen molar-refractivity contribution in [2.24, 2.45) is 21.4 Å². The van der Waals surface area contributed by atoms with Crippen LogP contribution in [0.2, 0.25) is 0 Å². The Hall–Kier alpha value is -1.31. The predicted molar refractivity (Wildman–Crippen MR) is 96.9 cm³/mol. The third kappa shape index (κ3) is 5.68. The van der Waals surface area contributed by atoms with E-state index < -0.39 is 0 Å². The summed E-state index contributed by atoms with van der Waals surface area (Å²) < 4.78 is 11.3. The van der Waals surface area contributed by atoms with Gasteiger partial charge in [-0.3, -0.25) is 4.99 Å². The average molecular weight is 331 g/mol. The number of hydrogen-bond donors (Lipinski definition) is 1. The first-order chi connectivity index (χ1) is 10.9. The highest BCUT2D eigenvalue weighted by Gasteiger charge is 2.27. The molecule has 0 atom stereocenters. The molecule has 1 aromatic carbocycles. The zero-order chi connectivity index (χ0) is 16.9. The van der Waals surface area contributed by atoms with Crippen LogP contribution in [0.4, 0.5) is 0 Å². The second-order valence-corrected chi connectivity index (χ2v) is 7.37. The molecule has 1 aromatic rings. The molecule has 23 heavy (non-hydrogen) atoms. The highest BCUT2D eigenvalue weighted by Crippen LogP contribution is 2.23. The van der Waals surface area contributed by atoms with Crippen molar-refractivity contribution in [1.29, 1.82) is 0 Å². The molecule has 1 heterocycles. The lowest BCUT2D eigenvalue weighted by atomic mass is 9.95. The molecule has 0 saturated carbocycles. The Morgan fingerprint density at radius 1 is 1.43 bits per heavy atom. The molecule has 0 aliphatic carbocycles. The molecule has 1 saturated heterocycles. The van der Waals surface area contributed by atoms with Crippen LogP contribution in [0.25, 0.3) is 0 Å². The smallest absolute Gasteiger partial charge is 0.176 e. The number of ether oxygens (including phenoxy) is 2. The van der Waals surface area contributed by atoms with Gasteiger partial charge in [0.1, 0.15) is 12.9 Å². The molecule has 0 unspecified atom stereocenters. The Balaban J connectivity index is 1.89. The zero-order valence-corrected chi connectivity index (χ0v) is 14.6. The fourth-order valence-electron chi connectivity index (χ4n) is 1.97. The fraction of sp³-hybridized carbons (Fsp3) is 0.500.